The molecule has 188 valence electrons. The van der Waals surface area contributed by atoms with Gasteiger partial charge in [-0.3, -0.25) is 0 Å². The van der Waals surface area contributed by atoms with Crippen molar-refractivity contribution in [3.05, 3.63) is 116 Å². The van der Waals surface area contributed by atoms with Gasteiger partial charge in [0.15, 0.2) is 11.6 Å². The van der Waals surface area contributed by atoms with Gasteiger partial charge in [0.05, 0.1) is 0 Å². The van der Waals surface area contributed by atoms with Gasteiger partial charge >= 0.3 is 0 Å². The molecular weight excluding hydrogens is 482 g/mol. The third kappa shape index (κ3) is 4.14. The molecule has 7 heteroatoms. The molecule has 0 N–H and O–H groups in total. The minimum absolute atomic E-state index is 0.165. The van der Waals surface area contributed by atoms with E-state index in [1.807, 2.05) is 36.9 Å². The molecule has 5 aromatic heterocycles. The van der Waals surface area contributed by atoms with E-state index >= 15 is 0 Å². The Morgan fingerprint density at radius 1 is 0.538 bits per heavy atom. The summed E-state index contributed by atoms with van der Waals surface area (Å²) < 4.78 is 4.17. The van der Waals surface area contributed by atoms with E-state index in [-0.39, 0.29) is 5.92 Å². The highest BCUT2D eigenvalue weighted by molar-refractivity contribution is 5.79. The monoisotopic (exact) mass is 507 g/mol. The molecule has 7 nitrogen and oxygen atoms in total. The van der Waals surface area contributed by atoms with Gasteiger partial charge in [-0.05, 0) is 84.9 Å². The van der Waals surface area contributed by atoms with E-state index in [4.69, 9.17) is 15.0 Å². The van der Waals surface area contributed by atoms with Crippen molar-refractivity contribution >= 4 is 22.1 Å². The summed E-state index contributed by atoms with van der Waals surface area (Å²) in [7, 11) is 0. The van der Waals surface area contributed by atoms with Crippen LogP contribution in [0.1, 0.15) is 25.6 Å². The van der Waals surface area contributed by atoms with Crippen molar-refractivity contribution in [2.24, 2.45) is 0 Å². The van der Waals surface area contributed by atoms with Crippen LogP contribution < -0.4 is 0 Å². The van der Waals surface area contributed by atoms with Gasteiger partial charge in [-0.25, -0.2) is 24.9 Å². The Balaban J connectivity index is 1.24. The minimum atomic E-state index is 0.165. The van der Waals surface area contributed by atoms with Crippen LogP contribution in [0.15, 0.2) is 110 Å². The molecule has 0 aliphatic heterocycles. The van der Waals surface area contributed by atoms with Crippen LogP contribution in [0, 0.1) is 0 Å². The zero-order valence-electron chi connectivity index (χ0n) is 21.6. The van der Waals surface area contributed by atoms with Crippen molar-refractivity contribution < 1.29 is 0 Å². The number of rotatable bonds is 5. The maximum atomic E-state index is 4.88. The Kier molecular flexibility index (Phi) is 5.48. The molecule has 7 rings (SSSR count). The molecule has 2 aromatic carbocycles. The van der Waals surface area contributed by atoms with Gasteiger partial charge in [0.1, 0.15) is 17.1 Å². The van der Waals surface area contributed by atoms with Crippen LogP contribution >= 0.6 is 0 Å². The van der Waals surface area contributed by atoms with Crippen molar-refractivity contribution in [1.82, 2.24) is 34.1 Å². The fourth-order valence-electron chi connectivity index (χ4n) is 4.80. The second kappa shape index (κ2) is 9.29. The van der Waals surface area contributed by atoms with Crippen LogP contribution in [0.5, 0.6) is 0 Å². The summed E-state index contributed by atoms with van der Waals surface area (Å²) in [5.41, 5.74) is 5.82. The highest BCUT2D eigenvalue weighted by Gasteiger charge is 2.14. The SMILES string of the molecule is CC(C)c1nc(-c2ccc(-n3ccc4cccnc43)cc2)nc(-c2ccc(-n3ccc4cccnc43)cc2)n1. The summed E-state index contributed by atoms with van der Waals surface area (Å²) in [6.07, 6.45) is 7.72. The van der Waals surface area contributed by atoms with Gasteiger partial charge in [0, 0.05) is 64.0 Å². The number of benzene rings is 2. The first-order valence-corrected chi connectivity index (χ1v) is 13.0. The maximum Gasteiger partial charge on any atom is 0.163 e. The van der Waals surface area contributed by atoms with E-state index in [9.17, 15) is 0 Å². The van der Waals surface area contributed by atoms with E-state index in [1.165, 1.54) is 0 Å². The number of pyridine rings is 2. The molecule has 0 bridgehead atoms. The number of nitrogens with zero attached hydrogens (tertiary/aromatic N) is 7. The van der Waals surface area contributed by atoms with Crippen molar-refractivity contribution in [2.45, 2.75) is 19.8 Å². The molecule has 0 spiro atoms. The lowest BCUT2D eigenvalue weighted by Gasteiger charge is -2.11. The molecule has 0 unspecified atom stereocenters. The summed E-state index contributed by atoms with van der Waals surface area (Å²) in [6.45, 7) is 4.20. The van der Waals surface area contributed by atoms with Crippen LogP contribution in [0.2, 0.25) is 0 Å². The molecule has 0 aliphatic carbocycles. The second-order valence-electron chi connectivity index (χ2n) is 9.79. The van der Waals surface area contributed by atoms with Crippen molar-refractivity contribution in [3.63, 3.8) is 0 Å². The number of aromatic nitrogens is 7. The fourth-order valence-corrected chi connectivity index (χ4v) is 4.80. The van der Waals surface area contributed by atoms with Crippen molar-refractivity contribution in [3.8, 4) is 34.2 Å². The average Bonchev–Trinajstić information content (AvgIpc) is 3.62. The zero-order valence-corrected chi connectivity index (χ0v) is 21.6. The van der Waals surface area contributed by atoms with Crippen LogP contribution in [0.3, 0.4) is 0 Å². The minimum Gasteiger partial charge on any atom is -0.301 e. The summed E-state index contributed by atoms with van der Waals surface area (Å²) >= 11 is 0. The normalized spacial score (nSPS) is 11.6. The standard InChI is InChI=1S/C32H25N7/c1-21(2)28-35-29(22-7-11-26(12-8-22)38-19-15-24-5-3-17-33-31(24)38)37-30(36-28)23-9-13-27(14-10-23)39-20-16-25-6-4-18-34-32(25)39/h3-21H,1-2H3. The lowest BCUT2D eigenvalue weighted by Crippen LogP contribution is -2.05. The van der Waals surface area contributed by atoms with E-state index in [2.05, 4.69) is 106 Å². The summed E-state index contributed by atoms with van der Waals surface area (Å²) in [6, 6.07) is 28.7. The molecule has 39 heavy (non-hydrogen) atoms. The molecular formula is C32H25N7. The fraction of sp³-hybridized carbons (Fsp3) is 0.0938. The first-order valence-electron chi connectivity index (χ1n) is 13.0. The van der Waals surface area contributed by atoms with Crippen molar-refractivity contribution in [1.29, 1.82) is 0 Å². The van der Waals surface area contributed by atoms with Crippen molar-refractivity contribution in [2.75, 3.05) is 0 Å². The first-order chi connectivity index (χ1) is 19.1. The molecule has 0 aliphatic rings. The third-order valence-electron chi connectivity index (χ3n) is 6.87. The maximum absolute atomic E-state index is 4.88. The number of hydrogen-bond donors (Lipinski definition) is 0. The lowest BCUT2D eigenvalue weighted by atomic mass is 10.1. The van der Waals surface area contributed by atoms with Gasteiger partial charge in [0.2, 0.25) is 0 Å². The quantitative estimate of drug-likeness (QED) is 0.251. The Morgan fingerprint density at radius 2 is 1.00 bits per heavy atom. The predicted octanol–water partition coefficient (Wildman–Crippen LogP) is 7.01. The Hall–Kier alpha value is -5.17. The molecule has 0 saturated carbocycles. The van der Waals surface area contributed by atoms with Crippen LogP contribution in [-0.4, -0.2) is 34.1 Å². The summed E-state index contributed by atoms with van der Waals surface area (Å²) in [5.74, 6) is 2.26. The van der Waals surface area contributed by atoms with E-state index < -0.39 is 0 Å². The Labute approximate surface area is 225 Å². The zero-order chi connectivity index (χ0) is 26.3. The molecule has 0 saturated heterocycles. The predicted molar refractivity (Wildman–Crippen MR) is 154 cm³/mol. The van der Waals surface area contributed by atoms with Gasteiger partial charge in [-0.2, -0.15) is 0 Å². The smallest absolute Gasteiger partial charge is 0.163 e. The summed E-state index contributed by atoms with van der Waals surface area (Å²) in [4.78, 5) is 23.6. The highest BCUT2D eigenvalue weighted by atomic mass is 15.0. The lowest BCUT2D eigenvalue weighted by molar-refractivity contribution is 0.766. The molecule has 7 aromatic rings. The molecule has 0 radical (unpaired) electrons. The van der Waals surface area contributed by atoms with Gasteiger partial charge in [-0.15, -0.1) is 0 Å². The van der Waals surface area contributed by atoms with Crippen LogP contribution in [0.4, 0.5) is 0 Å². The van der Waals surface area contributed by atoms with E-state index in [0.29, 0.717) is 11.6 Å². The molecule has 5 heterocycles. The van der Waals surface area contributed by atoms with Crippen LogP contribution in [0.25, 0.3) is 56.2 Å². The van der Waals surface area contributed by atoms with Gasteiger partial charge in [0.25, 0.3) is 0 Å². The third-order valence-corrected chi connectivity index (χ3v) is 6.87. The van der Waals surface area contributed by atoms with E-state index in [0.717, 1.165) is 50.4 Å². The average molecular weight is 508 g/mol. The molecule has 0 atom stereocenters. The second-order valence-corrected chi connectivity index (χ2v) is 9.79. The molecule has 0 fully saturated rings. The number of fused-ring (bicyclic) bond motifs is 2. The Morgan fingerprint density at radius 3 is 1.44 bits per heavy atom. The van der Waals surface area contributed by atoms with Gasteiger partial charge in [-0.1, -0.05) is 13.8 Å². The van der Waals surface area contributed by atoms with Crippen LogP contribution in [-0.2, 0) is 0 Å². The molecule has 0 amide bonds. The topological polar surface area (TPSA) is 74.3 Å². The Bertz CT molecular complexity index is 1790. The largest absolute Gasteiger partial charge is 0.301 e. The highest BCUT2D eigenvalue weighted by Crippen LogP contribution is 2.26. The van der Waals surface area contributed by atoms with E-state index in [1.54, 1.807) is 0 Å². The number of hydrogen-bond acceptors (Lipinski definition) is 5. The van der Waals surface area contributed by atoms with Gasteiger partial charge < -0.3 is 9.13 Å². The summed E-state index contributed by atoms with van der Waals surface area (Å²) in [5, 5.41) is 2.22. The first kappa shape index (κ1) is 23.0.